The van der Waals surface area contributed by atoms with Crippen molar-refractivity contribution in [1.29, 1.82) is 0 Å². The van der Waals surface area contributed by atoms with Crippen LogP contribution in [-0.4, -0.2) is 25.3 Å². The van der Waals surface area contributed by atoms with E-state index in [1.54, 1.807) is 10.8 Å². The van der Waals surface area contributed by atoms with E-state index in [4.69, 9.17) is 9.47 Å². The van der Waals surface area contributed by atoms with Crippen LogP contribution in [0, 0.1) is 0 Å². The highest BCUT2D eigenvalue weighted by atomic mass is 32.1. The summed E-state index contributed by atoms with van der Waals surface area (Å²) in [5.74, 6) is 0.511. The average molecular weight is 342 g/mol. The van der Waals surface area contributed by atoms with Gasteiger partial charge in [-0.25, -0.2) is 9.59 Å². The number of hydrogen-bond acceptors (Lipinski definition) is 5. The van der Waals surface area contributed by atoms with Crippen LogP contribution in [0.5, 0.6) is 11.5 Å². The van der Waals surface area contributed by atoms with Crippen LogP contribution in [0.1, 0.15) is 52.4 Å². The van der Waals surface area contributed by atoms with Gasteiger partial charge in [-0.3, -0.25) is 0 Å². The lowest BCUT2D eigenvalue weighted by Gasteiger charge is -2.08. The van der Waals surface area contributed by atoms with Gasteiger partial charge in [0.15, 0.2) is 11.5 Å². The summed E-state index contributed by atoms with van der Waals surface area (Å²) in [5, 5.41) is 8.59. The molecule has 1 aromatic rings. The summed E-state index contributed by atoms with van der Waals surface area (Å²) in [4.78, 5) is 23.3. The molecule has 0 unspecified atom stereocenters. The maximum Gasteiger partial charge on any atom is 0.412 e. The highest BCUT2D eigenvalue weighted by Gasteiger charge is 2.14. The van der Waals surface area contributed by atoms with E-state index in [-0.39, 0.29) is 11.5 Å². The van der Waals surface area contributed by atoms with Gasteiger partial charge in [0.25, 0.3) is 0 Å². The van der Waals surface area contributed by atoms with Gasteiger partial charge in [0.2, 0.25) is 0 Å². The van der Waals surface area contributed by atoms with E-state index in [1.165, 1.54) is 11.3 Å². The van der Waals surface area contributed by atoms with E-state index in [0.29, 0.717) is 13.1 Å². The first-order valence-corrected chi connectivity index (χ1v) is 9.09. The van der Waals surface area contributed by atoms with Crippen LogP contribution in [0.25, 0.3) is 0 Å². The Bertz CT molecular complexity index is 476. The van der Waals surface area contributed by atoms with Crippen molar-refractivity contribution in [3.8, 4) is 11.5 Å². The van der Waals surface area contributed by atoms with Crippen LogP contribution in [0.3, 0.4) is 0 Å². The van der Waals surface area contributed by atoms with Gasteiger partial charge in [0, 0.05) is 23.8 Å². The Morgan fingerprint density at radius 1 is 0.870 bits per heavy atom. The standard InChI is InChI=1S/C16H26N2O4S/c1-3-5-7-8-10-18-16(20)22-14-12-23-11-13(14)21-15(19)17-9-6-4-2/h11-12H,3-10H2,1-2H3,(H,17,19)(H,18,20). The third-order valence-corrected chi connectivity index (χ3v) is 3.80. The van der Waals surface area contributed by atoms with E-state index >= 15 is 0 Å². The molecular weight excluding hydrogens is 316 g/mol. The zero-order valence-corrected chi connectivity index (χ0v) is 14.7. The van der Waals surface area contributed by atoms with Crippen molar-refractivity contribution in [1.82, 2.24) is 10.6 Å². The topological polar surface area (TPSA) is 76.7 Å². The fraction of sp³-hybridized carbons (Fsp3) is 0.625. The Kier molecular flexibility index (Phi) is 9.86. The number of carbonyl (C=O) groups is 2. The molecule has 2 N–H and O–H groups in total. The lowest BCUT2D eigenvalue weighted by Crippen LogP contribution is -2.29. The molecule has 0 spiro atoms. The molecule has 2 amide bonds. The largest absolute Gasteiger partial charge is 0.412 e. The fourth-order valence-corrected chi connectivity index (χ4v) is 2.45. The Hall–Kier alpha value is -1.76. The smallest absolute Gasteiger partial charge is 0.405 e. The van der Waals surface area contributed by atoms with Gasteiger partial charge in [-0.15, -0.1) is 11.3 Å². The maximum atomic E-state index is 11.7. The zero-order chi connectivity index (χ0) is 16.9. The summed E-state index contributed by atoms with van der Waals surface area (Å²) in [6.45, 7) is 5.32. The van der Waals surface area contributed by atoms with Crippen LogP contribution < -0.4 is 20.1 Å². The van der Waals surface area contributed by atoms with Gasteiger partial charge in [-0.05, 0) is 12.8 Å². The molecule has 0 aliphatic rings. The van der Waals surface area contributed by atoms with Gasteiger partial charge in [0.1, 0.15) is 0 Å². The SMILES string of the molecule is CCCCCCNC(=O)Oc1cscc1OC(=O)NCCCC. The Labute approximate surface area is 141 Å². The number of carbonyl (C=O) groups excluding carboxylic acids is 2. The highest BCUT2D eigenvalue weighted by molar-refractivity contribution is 7.08. The van der Waals surface area contributed by atoms with Crippen molar-refractivity contribution in [2.45, 2.75) is 52.4 Å². The predicted molar refractivity (Wildman–Crippen MR) is 91.4 cm³/mol. The summed E-state index contributed by atoms with van der Waals surface area (Å²) < 4.78 is 10.3. The zero-order valence-electron chi connectivity index (χ0n) is 13.9. The first-order valence-electron chi connectivity index (χ1n) is 8.14. The summed E-state index contributed by atoms with van der Waals surface area (Å²) in [6.07, 6.45) is 5.13. The van der Waals surface area contributed by atoms with Crippen molar-refractivity contribution in [2.75, 3.05) is 13.1 Å². The molecule has 0 fully saturated rings. The highest BCUT2D eigenvalue weighted by Crippen LogP contribution is 2.31. The second-order valence-corrected chi connectivity index (χ2v) is 5.89. The Balaban J connectivity index is 2.33. The molecule has 7 heteroatoms. The van der Waals surface area contributed by atoms with Crippen LogP contribution >= 0.6 is 11.3 Å². The molecule has 1 rings (SSSR count). The van der Waals surface area contributed by atoms with E-state index in [1.807, 2.05) is 6.92 Å². The minimum absolute atomic E-state index is 0.255. The molecule has 0 aliphatic carbocycles. The minimum atomic E-state index is -0.540. The maximum absolute atomic E-state index is 11.7. The molecule has 6 nitrogen and oxygen atoms in total. The predicted octanol–water partition coefficient (Wildman–Crippen LogP) is 4.31. The van der Waals surface area contributed by atoms with Gasteiger partial charge in [-0.2, -0.15) is 0 Å². The summed E-state index contributed by atoms with van der Waals surface area (Å²) in [6, 6.07) is 0. The second kappa shape index (κ2) is 11.8. The molecule has 0 saturated heterocycles. The molecule has 1 heterocycles. The van der Waals surface area contributed by atoms with Crippen LogP contribution in [0.15, 0.2) is 10.8 Å². The number of amides is 2. The number of nitrogens with one attached hydrogen (secondary N) is 2. The lowest BCUT2D eigenvalue weighted by atomic mass is 10.2. The van der Waals surface area contributed by atoms with Crippen LogP contribution in [0.4, 0.5) is 9.59 Å². The third kappa shape index (κ3) is 8.44. The molecular formula is C16H26N2O4S. The number of hydrogen-bond donors (Lipinski definition) is 2. The van der Waals surface area contributed by atoms with Gasteiger partial charge < -0.3 is 20.1 Å². The van der Waals surface area contributed by atoms with E-state index in [9.17, 15) is 9.59 Å². The molecule has 0 aliphatic heterocycles. The molecule has 0 saturated carbocycles. The van der Waals surface area contributed by atoms with Crippen LogP contribution in [0.2, 0.25) is 0 Å². The van der Waals surface area contributed by atoms with E-state index in [0.717, 1.165) is 38.5 Å². The van der Waals surface area contributed by atoms with Gasteiger partial charge in [-0.1, -0.05) is 39.5 Å². The number of rotatable bonds is 10. The summed E-state index contributed by atoms with van der Waals surface area (Å²) >= 11 is 1.30. The normalized spacial score (nSPS) is 10.2. The first kappa shape index (κ1) is 19.3. The quantitative estimate of drug-likeness (QED) is 0.621. The van der Waals surface area contributed by atoms with Gasteiger partial charge >= 0.3 is 12.2 Å². The van der Waals surface area contributed by atoms with Crippen molar-refractivity contribution in [3.63, 3.8) is 0 Å². The lowest BCUT2D eigenvalue weighted by molar-refractivity contribution is 0.190. The minimum Gasteiger partial charge on any atom is -0.405 e. The number of unbranched alkanes of at least 4 members (excludes halogenated alkanes) is 4. The monoisotopic (exact) mass is 342 g/mol. The Morgan fingerprint density at radius 3 is 1.91 bits per heavy atom. The van der Waals surface area contributed by atoms with E-state index in [2.05, 4.69) is 17.6 Å². The molecule has 23 heavy (non-hydrogen) atoms. The second-order valence-electron chi connectivity index (χ2n) is 5.15. The summed E-state index contributed by atoms with van der Waals surface area (Å²) in [7, 11) is 0. The summed E-state index contributed by atoms with van der Waals surface area (Å²) in [5.41, 5.74) is 0. The number of thiophene rings is 1. The third-order valence-electron chi connectivity index (χ3n) is 3.10. The molecule has 0 atom stereocenters. The molecule has 130 valence electrons. The van der Waals surface area contributed by atoms with Crippen molar-refractivity contribution < 1.29 is 19.1 Å². The fourth-order valence-electron chi connectivity index (χ4n) is 1.80. The van der Waals surface area contributed by atoms with Crippen molar-refractivity contribution in [3.05, 3.63) is 10.8 Å². The molecule has 0 bridgehead atoms. The van der Waals surface area contributed by atoms with E-state index < -0.39 is 12.2 Å². The molecule has 0 radical (unpaired) electrons. The molecule has 1 aromatic heterocycles. The first-order chi connectivity index (χ1) is 11.2. The average Bonchev–Trinajstić information content (AvgIpc) is 2.94. The molecule has 0 aromatic carbocycles. The van der Waals surface area contributed by atoms with Crippen molar-refractivity contribution >= 4 is 23.5 Å². The van der Waals surface area contributed by atoms with Gasteiger partial charge in [0.05, 0.1) is 0 Å². The van der Waals surface area contributed by atoms with Crippen molar-refractivity contribution in [2.24, 2.45) is 0 Å². The Morgan fingerprint density at radius 2 is 1.39 bits per heavy atom. The van der Waals surface area contributed by atoms with Crippen LogP contribution in [-0.2, 0) is 0 Å². The number of ether oxygens (including phenoxy) is 2.